The summed E-state index contributed by atoms with van der Waals surface area (Å²) >= 11 is 0. The fourth-order valence-corrected chi connectivity index (χ4v) is 1.51. The van der Waals surface area contributed by atoms with E-state index in [1.165, 1.54) is 0 Å². The normalized spacial score (nSPS) is 26.6. The third-order valence-corrected chi connectivity index (χ3v) is 2.29. The van der Waals surface area contributed by atoms with Crippen LogP contribution >= 0.6 is 0 Å². The molecule has 0 saturated heterocycles. The summed E-state index contributed by atoms with van der Waals surface area (Å²) in [5, 5.41) is 0. The first-order chi connectivity index (χ1) is 7.13. The van der Waals surface area contributed by atoms with Crippen LogP contribution in [0.2, 0.25) is 0 Å². The van der Waals surface area contributed by atoms with Gasteiger partial charge in [0.1, 0.15) is 6.10 Å². The monoisotopic (exact) mass is 213 g/mol. The highest BCUT2D eigenvalue weighted by Gasteiger charge is 2.25. The topological polar surface area (TPSA) is 61.5 Å². The van der Waals surface area contributed by atoms with Gasteiger partial charge in [-0.1, -0.05) is 12.2 Å². The van der Waals surface area contributed by atoms with Crippen molar-refractivity contribution in [3.05, 3.63) is 12.2 Å². The van der Waals surface area contributed by atoms with Crippen LogP contribution in [-0.4, -0.2) is 31.3 Å². The third-order valence-electron chi connectivity index (χ3n) is 2.29. The maximum atomic E-state index is 11.6. The average molecular weight is 213 g/mol. The van der Waals surface area contributed by atoms with Crippen molar-refractivity contribution in [1.82, 2.24) is 0 Å². The lowest BCUT2D eigenvalue weighted by molar-refractivity contribution is -0.154. The number of carbonyl (C=O) groups is 1. The Balaban J connectivity index is 2.26. The second kappa shape index (κ2) is 5.88. The van der Waals surface area contributed by atoms with E-state index in [9.17, 15) is 4.79 Å². The molecule has 0 spiro atoms. The molecule has 0 aliphatic heterocycles. The van der Waals surface area contributed by atoms with Gasteiger partial charge >= 0.3 is 5.97 Å². The van der Waals surface area contributed by atoms with Crippen molar-refractivity contribution in [3.8, 4) is 0 Å². The first-order valence-electron chi connectivity index (χ1n) is 5.35. The molecule has 0 amide bonds. The summed E-state index contributed by atoms with van der Waals surface area (Å²) < 4.78 is 10.4. The van der Waals surface area contributed by atoms with Gasteiger partial charge in [-0.05, 0) is 20.3 Å². The van der Waals surface area contributed by atoms with E-state index in [-0.39, 0.29) is 24.0 Å². The Morgan fingerprint density at radius 1 is 1.60 bits per heavy atom. The lowest BCUT2D eigenvalue weighted by Crippen LogP contribution is -2.26. The predicted molar refractivity (Wildman–Crippen MR) is 57.3 cm³/mol. The fraction of sp³-hybridized carbons (Fsp3) is 0.727. The van der Waals surface area contributed by atoms with E-state index < -0.39 is 0 Å². The molecule has 3 unspecified atom stereocenters. The number of nitrogens with two attached hydrogens (primary N) is 1. The highest BCUT2D eigenvalue weighted by molar-refractivity contribution is 5.75. The molecule has 0 heterocycles. The second-order valence-electron chi connectivity index (χ2n) is 3.80. The van der Waals surface area contributed by atoms with Crippen molar-refractivity contribution in [2.45, 2.75) is 32.4 Å². The molecule has 0 saturated carbocycles. The number of hydrogen-bond acceptors (Lipinski definition) is 4. The SMILES string of the molecule is CCOCC(C)OC(=O)C1C=CC(N)C1. The molecule has 0 fully saturated rings. The molecule has 0 radical (unpaired) electrons. The van der Waals surface area contributed by atoms with Gasteiger partial charge in [-0.3, -0.25) is 4.79 Å². The van der Waals surface area contributed by atoms with Crippen LogP contribution in [0.1, 0.15) is 20.3 Å². The molecule has 1 aliphatic rings. The lowest BCUT2D eigenvalue weighted by Gasteiger charge is -2.15. The Bertz CT molecular complexity index is 240. The van der Waals surface area contributed by atoms with Crippen LogP contribution in [0.15, 0.2) is 12.2 Å². The van der Waals surface area contributed by atoms with Gasteiger partial charge in [-0.15, -0.1) is 0 Å². The lowest BCUT2D eigenvalue weighted by atomic mass is 10.1. The number of rotatable bonds is 5. The molecule has 86 valence electrons. The zero-order chi connectivity index (χ0) is 11.3. The number of hydrogen-bond donors (Lipinski definition) is 1. The minimum absolute atomic E-state index is 0.00949. The summed E-state index contributed by atoms with van der Waals surface area (Å²) in [6.07, 6.45) is 4.13. The smallest absolute Gasteiger partial charge is 0.313 e. The average Bonchev–Trinajstić information content (AvgIpc) is 2.61. The Morgan fingerprint density at radius 2 is 2.33 bits per heavy atom. The Morgan fingerprint density at radius 3 is 2.87 bits per heavy atom. The highest BCUT2D eigenvalue weighted by atomic mass is 16.6. The molecule has 2 N–H and O–H groups in total. The van der Waals surface area contributed by atoms with E-state index in [0.717, 1.165) is 0 Å². The molecule has 3 atom stereocenters. The molecule has 4 nitrogen and oxygen atoms in total. The van der Waals surface area contributed by atoms with Crippen molar-refractivity contribution in [3.63, 3.8) is 0 Å². The standard InChI is InChI=1S/C11H19NO3/c1-3-14-7-8(2)15-11(13)9-4-5-10(12)6-9/h4-5,8-10H,3,6-7,12H2,1-2H3. The molecule has 0 aromatic carbocycles. The van der Waals surface area contributed by atoms with Gasteiger partial charge in [-0.25, -0.2) is 0 Å². The van der Waals surface area contributed by atoms with Gasteiger partial charge in [0.25, 0.3) is 0 Å². The zero-order valence-electron chi connectivity index (χ0n) is 9.31. The Labute approximate surface area is 90.4 Å². The van der Waals surface area contributed by atoms with Crippen molar-refractivity contribution in [1.29, 1.82) is 0 Å². The van der Waals surface area contributed by atoms with Crippen LogP contribution in [0, 0.1) is 5.92 Å². The first kappa shape index (κ1) is 12.2. The van der Waals surface area contributed by atoms with E-state index in [1.54, 1.807) is 0 Å². The van der Waals surface area contributed by atoms with Gasteiger partial charge in [-0.2, -0.15) is 0 Å². The first-order valence-corrected chi connectivity index (χ1v) is 5.35. The zero-order valence-corrected chi connectivity index (χ0v) is 9.31. The molecule has 1 rings (SSSR count). The van der Waals surface area contributed by atoms with Crippen LogP contribution in [0.25, 0.3) is 0 Å². The number of carbonyl (C=O) groups excluding carboxylic acids is 1. The van der Waals surface area contributed by atoms with Crippen LogP contribution in [0.4, 0.5) is 0 Å². The predicted octanol–water partition coefficient (Wildman–Crippen LogP) is 0.858. The maximum Gasteiger partial charge on any atom is 0.313 e. The minimum atomic E-state index is -0.202. The van der Waals surface area contributed by atoms with E-state index in [4.69, 9.17) is 15.2 Å². The van der Waals surface area contributed by atoms with Crippen LogP contribution in [0.5, 0.6) is 0 Å². The molecule has 0 aromatic heterocycles. The summed E-state index contributed by atoms with van der Waals surface area (Å²) in [7, 11) is 0. The minimum Gasteiger partial charge on any atom is -0.460 e. The van der Waals surface area contributed by atoms with E-state index in [0.29, 0.717) is 19.6 Å². The van der Waals surface area contributed by atoms with Gasteiger partial charge in [0.05, 0.1) is 12.5 Å². The molecular formula is C11H19NO3. The number of esters is 1. The molecule has 1 aliphatic carbocycles. The van der Waals surface area contributed by atoms with E-state index >= 15 is 0 Å². The van der Waals surface area contributed by atoms with Crippen molar-refractivity contribution in [2.75, 3.05) is 13.2 Å². The van der Waals surface area contributed by atoms with Crippen molar-refractivity contribution in [2.24, 2.45) is 11.7 Å². The largest absolute Gasteiger partial charge is 0.460 e. The summed E-state index contributed by atoms with van der Waals surface area (Å²) in [5.74, 6) is -0.379. The van der Waals surface area contributed by atoms with Gasteiger partial charge in [0.2, 0.25) is 0 Å². The number of ether oxygens (including phenoxy) is 2. The fourth-order valence-electron chi connectivity index (χ4n) is 1.51. The molecule has 0 aromatic rings. The van der Waals surface area contributed by atoms with Crippen LogP contribution < -0.4 is 5.73 Å². The van der Waals surface area contributed by atoms with Gasteiger partial charge in [0, 0.05) is 12.6 Å². The summed E-state index contributed by atoms with van der Waals surface area (Å²) in [5.41, 5.74) is 5.65. The van der Waals surface area contributed by atoms with Crippen LogP contribution in [0.3, 0.4) is 0 Å². The van der Waals surface area contributed by atoms with E-state index in [1.807, 2.05) is 26.0 Å². The van der Waals surface area contributed by atoms with Gasteiger partial charge < -0.3 is 15.2 Å². The summed E-state index contributed by atoms with van der Waals surface area (Å²) in [4.78, 5) is 11.6. The Hall–Kier alpha value is -0.870. The second-order valence-corrected chi connectivity index (χ2v) is 3.80. The molecule has 4 heteroatoms. The highest BCUT2D eigenvalue weighted by Crippen LogP contribution is 2.18. The van der Waals surface area contributed by atoms with Crippen LogP contribution in [-0.2, 0) is 14.3 Å². The third kappa shape index (κ3) is 4.01. The van der Waals surface area contributed by atoms with Gasteiger partial charge in [0.15, 0.2) is 0 Å². The molecular weight excluding hydrogens is 194 g/mol. The molecule has 0 bridgehead atoms. The summed E-state index contributed by atoms with van der Waals surface area (Å²) in [6.45, 7) is 4.82. The van der Waals surface area contributed by atoms with Crippen molar-refractivity contribution < 1.29 is 14.3 Å². The van der Waals surface area contributed by atoms with Crippen molar-refractivity contribution >= 4 is 5.97 Å². The quantitative estimate of drug-likeness (QED) is 0.543. The maximum absolute atomic E-state index is 11.6. The summed E-state index contributed by atoms with van der Waals surface area (Å²) in [6, 6.07) is -0.00949. The molecule has 15 heavy (non-hydrogen) atoms. The Kier molecular flexibility index (Phi) is 4.78. The van der Waals surface area contributed by atoms with E-state index in [2.05, 4.69) is 0 Å².